The van der Waals surface area contributed by atoms with E-state index in [0.29, 0.717) is 13.1 Å². The SMILES string of the molecule is C[C@H](Cn1cccn1)Nc1cnn(CC(=O)N2C[C@H](C)O[C@@H](C)C2)c1. The molecule has 2 aromatic heterocycles. The van der Waals surface area contributed by atoms with E-state index in [9.17, 15) is 4.79 Å². The number of nitrogens with one attached hydrogen (secondary N) is 1. The first-order chi connectivity index (χ1) is 12.0. The van der Waals surface area contributed by atoms with E-state index in [1.165, 1.54) is 0 Å². The molecular formula is C17H26N6O2. The summed E-state index contributed by atoms with van der Waals surface area (Å²) in [5.74, 6) is 0.0706. The standard InChI is InChI=1S/C17H26N6O2/c1-13(8-22-6-4-5-18-22)20-16-7-19-23(11-16)12-17(24)21-9-14(2)25-15(3)10-21/h4-7,11,13-15,20H,8-10,12H2,1-3H3/t13-,14+,15+/m1/s1. The molecule has 3 heterocycles. The minimum Gasteiger partial charge on any atom is -0.378 e. The topological polar surface area (TPSA) is 77.2 Å². The highest BCUT2D eigenvalue weighted by molar-refractivity contribution is 5.76. The van der Waals surface area contributed by atoms with Gasteiger partial charge >= 0.3 is 0 Å². The molecule has 1 N–H and O–H groups in total. The van der Waals surface area contributed by atoms with Crippen LogP contribution in [0.5, 0.6) is 0 Å². The normalized spacial score (nSPS) is 22.0. The number of hydrogen-bond acceptors (Lipinski definition) is 5. The van der Waals surface area contributed by atoms with Gasteiger partial charge in [-0.05, 0) is 26.8 Å². The number of ether oxygens (including phenoxy) is 1. The van der Waals surface area contributed by atoms with Crippen molar-refractivity contribution in [3.05, 3.63) is 30.9 Å². The number of rotatable bonds is 6. The van der Waals surface area contributed by atoms with Gasteiger partial charge in [-0.25, -0.2) is 0 Å². The zero-order valence-corrected chi connectivity index (χ0v) is 15.0. The van der Waals surface area contributed by atoms with Crippen molar-refractivity contribution >= 4 is 11.6 Å². The molecule has 0 bridgehead atoms. The highest BCUT2D eigenvalue weighted by Crippen LogP contribution is 2.12. The molecule has 0 radical (unpaired) electrons. The lowest BCUT2D eigenvalue weighted by Gasteiger charge is -2.35. The van der Waals surface area contributed by atoms with Gasteiger partial charge < -0.3 is 15.0 Å². The maximum absolute atomic E-state index is 12.5. The first-order valence-electron chi connectivity index (χ1n) is 8.69. The third-order valence-electron chi connectivity index (χ3n) is 4.14. The number of hydrogen-bond donors (Lipinski definition) is 1. The Bertz CT molecular complexity index is 673. The van der Waals surface area contributed by atoms with E-state index >= 15 is 0 Å². The number of aromatic nitrogens is 4. The molecule has 1 aliphatic rings. The molecule has 0 unspecified atom stereocenters. The Morgan fingerprint density at radius 3 is 2.76 bits per heavy atom. The lowest BCUT2D eigenvalue weighted by molar-refractivity contribution is -0.144. The molecule has 0 spiro atoms. The fraction of sp³-hybridized carbons (Fsp3) is 0.588. The van der Waals surface area contributed by atoms with Gasteiger partial charge in [0.15, 0.2) is 0 Å². The summed E-state index contributed by atoms with van der Waals surface area (Å²) in [5.41, 5.74) is 0.899. The van der Waals surface area contributed by atoms with Crippen LogP contribution in [0.15, 0.2) is 30.9 Å². The molecule has 2 aromatic rings. The molecule has 1 fully saturated rings. The highest BCUT2D eigenvalue weighted by Gasteiger charge is 2.26. The first kappa shape index (κ1) is 17.5. The Labute approximate surface area is 147 Å². The van der Waals surface area contributed by atoms with Gasteiger partial charge in [0, 0.05) is 37.7 Å². The average molecular weight is 346 g/mol. The van der Waals surface area contributed by atoms with Crippen LogP contribution in [0.1, 0.15) is 20.8 Å². The van der Waals surface area contributed by atoms with Crippen LogP contribution < -0.4 is 5.32 Å². The van der Waals surface area contributed by atoms with Gasteiger partial charge in [-0.15, -0.1) is 0 Å². The lowest BCUT2D eigenvalue weighted by Crippen LogP contribution is -2.49. The average Bonchev–Trinajstić information content (AvgIpc) is 3.18. The molecule has 0 aliphatic carbocycles. The molecule has 1 amide bonds. The second-order valence-electron chi connectivity index (χ2n) is 6.76. The molecule has 8 nitrogen and oxygen atoms in total. The molecule has 3 atom stereocenters. The maximum Gasteiger partial charge on any atom is 0.244 e. The number of anilines is 1. The molecular weight excluding hydrogens is 320 g/mol. The first-order valence-corrected chi connectivity index (χ1v) is 8.69. The van der Waals surface area contributed by atoms with E-state index in [0.717, 1.165) is 12.2 Å². The van der Waals surface area contributed by atoms with Crippen molar-refractivity contribution in [2.75, 3.05) is 18.4 Å². The maximum atomic E-state index is 12.5. The molecule has 0 aromatic carbocycles. The molecule has 3 rings (SSSR count). The van der Waals surface area contributed by atoms with E-state index in [2.05, 4.69) is 22.4 Å². The molecule has 1 saturated heterocycles. The van der Waals surface area contributed by atoms with Gasteiger partial charge in [0.2, 0.25) is 5.91 Å². The molecule has 1 aliphatic heterocycles. The van der Waals surface area contributed by atoms with Gasteiger partial charge in [-0.2, -0.15) is 10.2 Å². The lowest BCUT2D eigenvalue weighted by atomic mass is 10.2. The molecule has 0 saturated carbocycles. The Hall–Kier alpha value is -2.35. The van der Waals surface area contributed by atoms with Crippen molar-refractivity contribution in [3.8, 4) is 0 Å². The summed E-state index contributed by atoms with van der Waals surface area (Å²) in [4.78, 5) is 14.3. The summed E-state index contributed by atoms with van der Waals surface area (Å²) in [7, 11) is 0. The third kappa shape index (κ3) is 4.82. The summed E-state index contributed by atoms with van der Waals surface area (Å²) < 4.78 is 9.23. The number of carbonyl (C=O) groups excluding carboxylic acids is 1. The van der Waals surface area contributed by atoms with Crippen LogP contribution in [0.4, 0.5) is 5.69 Å². The summed E-state index contributed by atoms with van der Waals surface area (Å²) in [6.45, 7) is 8.35. The van der Waals surface area contributed by atoms with Crippen LogP contribution in [-0.2, 0) is 22.6 Å². The van der Waals surface area contributed by atoms with Crippen molar-refractivity contribution in [3.63, 3.8) is 0 Å². The smallest absolute Gasteiger partial charge is 0.244 e. The number of amides is 1. The number of nitrogens with zero attached hydrogens (tertiary/aromatic N) is 5. The summed E-state index contributed by atoms with van der Waals surface area (Å²) in [5, 5.41) is 11.9. The summed E-state index contributed by atoms with van der Waals surface area (Å²) >= 11 is 0. The van der Waals surface area contributed by atoms with Crippen LogP contribution in [0.3, 0.4) is 0 Å². The van der Waals surface area contributed by atoms with Crippen LogP contribution >= 0.6 is 0 Å². The number of carbonyl (C=O) groups is 1. The fourth-order valence-corrected chi connectivity index (χ4v) is 3.16. The predicted octanol–water partition coefficient (Wildman–Crippen LogP) is 1.22. The monoisotopic (exact) mass is 346 g/mol. The molecule has 8 heteroatoms. The van der Waals surface area contributed by atoms with E-state index in [1.54, 1.807) is 17.1 Å². The second-order valence-corrected chi connectivity index (χ2v) is 6.76. The van der Waals surface area contributed by atoms with Crippen molar-refractivity contribution in [1.29, 1.82) is 0 Å². The van der Waals surface area contributed by atoms with Gasteiger partial charge in [-0.3, -0.25) is 14.2 Å². The van der Waals surface area contributed by atoms with Crippen molar-refractivity contribution in [2.45, 2.75) is 52.1 Å². The van der Waals surface area contributed by atoms with E-state index < -0.39 is 0 Å². The van der Waals surface area contributed by atoms with Crippen LogP contribution in [0, 0.1) is 0 Å². The highest BCUT2D eigenvalue weighted by atomic mass is 16.5. The third-order valence-corrected chi connectivity index (χ3v) is 4.14. The van der Waals surface area contributed by atoms with E-state index in [4.69, 9.17) is 4.74 Å². The molecule has 136 valence electrons. The summed E-state index contributed by atoms with van der Waals surface area (Å²) in [6, 6.07) is 2.11. The molecule has 25 heavy (non-hydrogen) atoms. The van der Waals surface area contributed by atoms with Gasteiger partial charge in [0.1, 0.15) is 6.54 Å². The number of morpholine rings is 1. The van der Waals surface area contributed by atoms with Crippen LogP contribution in [-0.4, -0.2) is 61.7 Å². The van der Waals surface area contributed by atoms with E-state index in [-0.39, 0.29) is 30.7 Å². The Balaban J connectivity index is 1.51. The van der Waals surface area contributed by atoms with Crippen molar-refractivity contribution in [2.24, 2.45) is 0 Å². The predicted molar refractivity (Wildman–Crippen MR) is 94.1 cm³/mol. The van der Waals surface area contributed by atoms with Gasteiger partial charge in [0.05, 0.1) is 30.6 Å². The quantitative estimate of drug-likeness (QED) is 0.851. The second kappa shape index (κ2) is 7.69. The minimum atomic E-state index is 0.0706. The fourth-order valence-electron chi connectivity index (χ4n) is 3.16. The Kier molecular flexibility index (Phi) is 5.37. The Morgan fingerprint density at radius 1 is 1.32 bits per heavy atom. The largest absolute Gasteiger partial charge is 0.378 e. The zero-order chi connectivity index (χ0) is 17.8. The minimum absolute atomic E-state index is 0.0706. The van der Waals surface area contributed by atoms with Crippen molar-refractivity contribution < 1.29 is 9.53 Å². The van der Waals surface area contributed by atoms with Crippen LogP contribution in [0.25, 0.3) is 0 Å². The van der Waals surface area contributed by atoms with Crippen molar-refractivity contribution in [1.82, 2.24) is 24.5 Å². The van der Waals surface area contributed by atoms with Gasteiger partial charge in [-0.1, -0.05) is 0 Å². The van der Waals surface area contributed by atoms with E-state index in [1.807, 2.05) is 41.9 Å². The zero-order valence-electron chi connectivity index (χ0n) is 15.0. The Morgan fingerprint density at radius 2 is 2.08 bits per heavy atom. The van der Waals surface area contributed by atoms with Gasteiger partial charge in [0.25, 0.3) is 0 Å². The van der Waals surface area contributed by atoms with Crippen LogP contribution in [0.2, 0.25) is 0 Å². The summed E-state index contributed by atoms with van der Waals surface area (Å²) in [6.07, 6.45) is 7.47.